The van der Waals surface area contributed by atoms with E-state index >= 15 is 0 Å². The summed E-state index contributed by atoms with van der Waals surface area (Å²) >= 11 is 5.92. The molecule has 112 valence electrons. The van der Waals surface area contributed by atoms with Crippen molar-refractivity contribution in [2.24, 2.45) is 0 Å². The molecule has 0 saturated carbocycles. The molecule has 0 unspecified atom stereocenters. The highest BCUT2D eigenvalue weighted by molar-refractivity contribution is 6.30. The Bertz CT molecular complexity index is 606. The molecule has 2 aromatic rings. The molecule has 0 bridgehead atoms. The second kappa shape index (κ2) is 6.26. The lowest BCUT2D eigenvalue weighted by Gasteiger charge is -2.26. The van der Waals surface area contributed by atoms with Crippen LogP contribution in [-0.2, 0) is 0 Å². The quantitative estimate of drug-likeness (QED) is 0.933. The van der Waals surface area contributed by atoms with E-state index in [0.29, 0.717) is 22.9 Å². The van der Waals surface area contributed by atoms with Crippen molar-refractivity contribution in [3.05, 3.63) is 17.4 Å². The number of aromatic nitrogens is 5. The van der Waals surface area contributed by atoms with Crippen molar-refractivity contribution in [2.45, 2.75) is 26.2 Å². The summed E-state index contributed by atoms with van der Waals surface area (Å²) in [6.07, 6.45) is 6.87. The third-order valence-electron chi connectivity index (χ3n) is 3.34. The first-order chi connectivity index (χ1) is 10.3. The third kappa shape index (κ3) is 3.24. The van der Waals surface area contributed by atoms with Crippen molar-refractivity contribution in [1.29, 1.82) is 0 Å². The molecule has 0 aliphatic carbocycles. The summed E-state index contributed by atoms with van der Waals surface area (Å²) in [6.45, 7) is 4.72. The molecule has 1 aliphatic rings. The van der Waals surface area contributed by atoms with Gasteiger partial charge in [-0.3, -0.25) is 0 Å². The second-order valence-electron chi connectivity index (χ2n) is 4.94. The Kier molecular flexibility index (Phi) is 4.19. The molecule has 2 aromatic heterocycles. The van der Waals surface area contributed by atoms with Gasteiger partial charge in [0, 0.05) is 19.6 Å². The van der Waals surface area contributed by atoms with E-state index in [0.717, 1.165) is 19.6 Å². The van der Waals surface area contributed by atoms with E-state index < -0.39 is 0 Å². The molecule has 21 heavy (non-hydrogen) atoms. The maximum Gasteiger partial charge on any atom is 0.257 e. The zero-order valence-corrected chi connectivity index (χ0v) is 12.7. The molecule has 1 aliphatic heterocycles. The van der Waals surface area contributed by atoms with Gasteiger partial charge >= 0.3 is 0 Å². The first kappa shape index (κ1) is 14.1. The summed E-state index contributed by atoms with van der Waals surface area (Å²) in [7, 11) is 0. The van der Waals surface area contributed by atoms with E-state index in [4.69, 9.17) is 11.6 Å². The predicted octanol–water partition coefficient (Wildman–Crippen LogP) is 2.13. The molecular formula is C13H18ClN7. The Morgan fingerprint density at radius 2 is 1.90 bits per heavy atom. The van der Waals surface area contributed by atoms with Gasteiger partial charge in [0.2, 0.25) is 11.9 Å². The number of anilines is 2. The van der Waals surface area contributed by atoms with Crippen LogP contribution in [-0.4, -0.2) is 44.4 Å². The van der Waals surface area contributed by atoms with Gasteiger partial charge in [0.1, 0.15) is 0 Å². The lowest BCUT2D eigenvalue weighted by molar-refractivity contribution is 0.566. The minimum atomic E-state index is 0.480. The number of halogens is 1. The number of nitrogens with zero attached hydrogens (tertiary/aromatic N) is 6. The minimum Gasteiger partial charge on any atom is -0.354 e. The number of nitrogens with one attached hydrogen (secondary N) is 1. The first-order valence-corrected chi connectivity index (χ1v) is 7.59. The Balaban J connectivity index is 1.96. The summed E-state index contributed by atoms with van der Waals surface area (Å²) in [5, 5.41) is 7.86. The van der Waals surface area contributed by atoms with Crippen LogP contribution in [0, 0.1) is 0 Å². The highest BCUT2D eigenvalue weighted by atomic mass is 35.5. The minimum absolute atomic E-state index is 0.480. The second-order valence-corrected chi connectivity index (χ2v) is 5.38. The van der Waals surface area contributed by atoms with Gasteiger partial charge in [0.25, 0.3) is 5.95 Å². The van der Waals surface area contributed by atoms with E-state index in [2.05, 4.69) is 30.3 Å². The molecule has 0 radical (unpaired) electrons. The topological polar surface area (TPSA) is 71.8 Å². The SMILES string of the molecule is CCNc1nc(N2CCCCC2)nc(-n2cc(Cl)cn2)n1. The van der Waals surface area contributed by atoms with Crippen LogP contribution in [0.2, 0.25) is 5.02 Å². The maximum absolute atomic E-state index is 5.92. The smallest absolute Gasteiger partial charge is 0.257 e. The Morgan fingerprint density at radius 3 is 2.57 bits per heavy atom. The lowest BCUT2D eigenvalue weighted by Crippen LogP contribution is -2.31. The van der Waals surface area contributed by atoms with Gasteiger partial charge in [0.15, 0.2) is 0 Å². The van der Waals surface area contributed by atoms with Crippen molar-refractivity contribution < 1.29 is 0 Å². The zero-order valence-electron chi connectivity index (χ0n) is 12.0. The average molecular weight is 308 g/mol. The van der Waals surface area contributed by atoms with E-state index in [9.17, 15) is 0 Å². The molecule has 1 N–H and O–H groups in total. The van der Waals surface area contributed by atoms with Crippen LogP contribution in [0.4, 0.5) is 11.9 Å². The number of rotatable bonds is 4. The number of hydrogen-bond acceptors (Lipinski definition) is 6. The highest BCUT2D eigenvalue weighted by Crippen LogP contribution is 2.18. The molecular weight excluding hydrogens is 290 g/mol. The third-order valence-corrected chi connectivity index (χ3v) is 3.54. The lowest BCUT2D eigenvalue weighted by atomic mass is 10.1. The number of hydrogen-bond donors (Lipinski definition) is 1. The van der Waals surface area contributed by atoms with E-state index in [1.54, 1.807) is 17.1 Å². The van der Waals surface area contributed by atoms with Crippen molar-refractivity contribution in [2.75, 3.05) is 29.9 Å². The van der Waals surface area contributed by atoms with E-state index in [1.165, 1.54) is 19.3 Å². The summed E-state index contributed by atoms with van der Waals surface area (Å²) in [6, 6.07) is 0. The van der Waals surface area contributed by atoms with Crippen LogP contribution < -0.4 is 10.2 Å². The van der Waals surface area contributed by atoms with Crippen molar-refractivity contribution in [3.63, 3.8) is 0 Å². The van der Waals surface area contributed by atoms with Gasteiger partial charge in [-0.15, -0.1) is 0 Å². The average Bonchev–Trinajstić information content (AvgIpc) is 2.95. The van der Waals surface area contributed by atoms with Gasteiger partial charge in [-0.1, -0.05) is 11.6 Å². The van der Waals surface area contributed by atoms with E-state index in [-0.39, 0.29) is 0 Å². The molecule has 8 heteroatoms. The van der Waals surface area contributed by atoms with Crippen LogP contribution in [0.15, 0.2) is 12.4 Å². The fourth-order valence-corrected chi connectivity index (χ4v) is 2.48. The van der Waals surface area contributed by atoms with Crippen LogP contribution in [0.1, 0.15) is 26.2 Å². The van der Waals surface area contributed by atoms with Gasteiger partial charge in [0.05, 0.1) is 17.4 Å². The zero-order chi connectivity index (χ0) is 14.7. The Hall–Kier alpha value is -1.89. The Morgan fingerprint density at radius 1 is 1.14 bits per heavy atom. The van der Waals surface area contributed by atoms with Gasteiger partial charge in [-0.2, -0.15) is 20.1 Å². The standard InChI is InChI=1S/C13H18ClN7/c1-2-15-11-17-12(20-6-4-3-5-7-20)19-13(18-11)21-9-10(14)8-16-21/h8-9H,2-7H2,1H3,(H,15,17,18,19). The Labute approximate surface area is 128 Å². The van der Waals surface area contributed by atoms with Crippen LogP contribution in [0.3, 0.4) is 0 Å². The molecule has 1 fully saturated rings. The summed E-state index contributed by atoms with van der Waals surface area (Å²) in [4.78, 5) is 15.6. The molecule has 0 aromatic carbocycles. The molecule has 3 rings (SSSR count). The highest BCUT2D eigenvalue weighted by Gasteiger charge is 2.17. The molecule has 0 spiro atoms. The fourth-order valence-electron chi connectivity index (χ4n) is 2.34. The van der Waals surface area contributed by atoms with Gasteiger partial charge in [-0.25, -0.2) is 4.68 Å². The number of piperidine rings is 1. The first-order valence-electron chi connectivity index (χ1n) is 7.21. The molecule has 0 amide bonds. The molecule has 7 nitrogen and oxygen atoms in total. The summed E-state index contributed by atoms with van der Waals surface area (Å²) in [5.74, 6) is 1.74. The molecule has 1 saturated heterocycles. The monoisotopic (exact) mass is 307 g/mol. The van der Waals surface area contributed by atoms with Crippen molar-refractivity contribution in [3.8, 4) is 5.95 Å². The van der Waals surface area contributed by atoms with Crippen LogP contribution in [0.25, 0.3) is 5.95 Å². The van der Waals surface area contributed by atoms with Crippen molar-refractivity contribution >= 4 is 23.5 Å². The van der Waals surface area contributed by atoms with Crippen LogP contribution in [0.5, 0.6) is 0 Å². The fraction of sp³-hybridized carbons (Fsp3) is 0.538. The van der Waals surface area contributed by atoms with E-state index in [1.807, 2.05) is 6.92 Å². The maximum atomic E-state index is 5.92. The summed E-state index contributed by atoms with van der Waals surface area (Å²) < 4.78 is 1.57. The largest absolute Gasteiger partial charge is 0.354 e. The normalized spacial score (nSPS) is 15.2. The summed E-state index contributed by atoms with van der Waals surface area (Å²) in [5.41, 5.74) is 0. The van der Waals surface area contributed by atoms with Gasteiger partial charge < -0.3 is 10.2 Å². The van der Waals surface area contributed by atoms with Crippen LogP contribution >= 0.6 is 11.6 Å². The van der Waals surface area contributed by atoms with Gasteiger partial charge in [-0.05, 0) is 26.2 Å². The molecule has 3 heterocycles. The van der Waals surface area contributed by atoms with Crippen molar-refractivity contribution in [1.82, 2.24) is 24.7 Å². The predicted molar refractivity (Wildman–Crippen MR) is 82.2 cm³/mol. The molecule has 0 atom stereocenters.